The highest BCUT2D eigenvalue weighted by atomic mass is 35.5. The summed E-state index contributed by atoms with van der Waals surface area (Å²) < 4.78 is 14.4. The number of para-hydroxylation sites is 2. The number of amides is 2. The third kappa shape index (κ3) is 3.55. The first-order valence-electron chi connectivity index (χ1n) is 9.31. The molecule has 152 valence electrons. The fourth-order valence-electron chi connectivity index (χ4n) is 3.58. The molecule has 0 spiro atoms. The highest BCUT2D eigenvalue weighted by Crippen LogP contribution is 2.38. The van der Waals surface area contributed by atoms with Crippen molar-refractivity contribution >= 4 is 46.4 Å². The summed E-state index contributed by atoms with van der Waals surface area (Å²) in [5.74, 6) is -1.13. The second kappa shape index (κ2) is 8.09. The summed E-state index contributed by atoms with van der Waals surface area (Å²) in [6.45, 7) is 1.62. The van der Waals surface area contributed by atoms with Crippen LogP contribution in [0.25, 0.3) is 0 Å². The van der Waals surface area contributed by atoms with Gasteiger partial charge in [-0.2, -0.15) is 0 Å². The molecule has 2 amide bonds. The molecule has 0 saturated carbocycles. The van der Waals surface area contributed by atoms with E-state index < -0.39 is 11.9 Å². The number of nitrogens with zero attached hydrogens (tertiary/aromatic N) is 2. The van der Waals surface area contributed by atoms with Crippen LogP contribution in [0.1, 0.15) is 22.8 Å². The van der Waals surface area contributed by atoms with Crippen LogP contribution in [0.3, 0.4) is 0 Å². The molecular weight excluding hydrogens is 426 g/mol. The zero-order chi connectivity index (χ0) is 21.4. The van der Waals surface area contributed by atoms with E-state index in [1.165, 1.54) is 21.9 Å². The maximum absolute atomic E-state index is 14.4. The Morgan fingerprint density at radius 2 is 1.63 bits per heavy atom. The summed E-state index contributed by atoms with van der Waals surface area (Å²) in [7, 11) is 0. The van der Waals surface area contributed by atoms with Gasteiger partial charge in [0.1, 0.15) is 11.9 Å². The number of carbonyl (C=O) groups excluding carboxylic acids is 2. The average Bonchev–Trinajstić information content (AvgIpc) is 2.74. The zero-order valence-electron chi connectivity index (χ0n) is 16.0. The molecule has 0 N–H and O–H groups in total. The molecule has 1 heterocycles. The number of hydrogen-bond donors (Lipinski definition) is 0. The lowest BCUT2D eigenvalue weighted by Gasteiger charge is -2.40. The van der Waals surface area contributed by atoms with Crippen molar-refractivity contribution < 1.29 is 14.0 Å². The first-order valence-corrected chi connectivity index (χ1v) is 10.1. The minimum absolute atomic E-state index is 0.0331. The second-order valence-corrected chi connectivity index (χ2v) is 7.81. The van der Waals surface area contributed by atoms with Crippen molar-refractivity contribution in [3.05, 3.63) is 93.7 Å². The number of hydrogen-bond acceptors (Lipinski definition) is 2. The van der Waals surface area contributed by atoms with Crippen LogP contribution in [0.15, 0.2) is 66.7 Å². The summed E-state index contributed by atoms with van der Waals surface area (Å²) in [4.78, 5) is 29.4. The maximum atomic E-state index is 14.4. The van der Waals surface area contributed by atoms with Crippen molar-refractivity contribution in [2.24, 2.45) is 0 Å². The molecule has 0 unspecified atom stereocenters. The van der Waals surface area contributed by atoms with Gasteiger partial charge in [0.05, 0.1) is 17.9 Å². The Morgan fingerprint density at radius 3 is 2.30 bits per heavy atom. The zero-order valence-corrected chi connectivity index (χ0v) is 17.5. The lowest BCUT2D eigenvalue weighted by Crippen LogP contribution is -2.54. The van der Waals surface area contributed by atoms with E-state index >= 15 is 0 Å². The molecule has 1 aliphatic rings. The molecule has 4 rings (SSSR count). The third-order valence-electron chi connectivity index (χ3n) is 5.13. The molecule has 1 atom stereocenters. The van der Waals surface area contributed by atoms with Crippen LogP contribution >= 0.6 is 23.2 Å². The first-order chi connectivity index (χ1) is 14.4. The van der Waals surface area contributed by atoms with Crippen molar-refractivity contribution in [3.63, 3.8) is 0 Å². The van der Waals surface area contributed by atoms with Gasteiger partial charge in [-0.1, -0.05) is 41.4 Å². The molecule has 3 aromatic rings. The topological polar surface area (TPSA) is 40.6 Å². The number of rotatable bonds is 3. The molecule has 30 heavy (non-hydrogen) atoms. The van der Waals surface area contributed by atoms with E-state index in [-0.39, 0.29) is 28.9 Å². The standard InChI is InChI=1S/C23H17Cl2FN2O2/c1-14-22(29)27(13-17-18(25)5-4-6-19(17)26)20-7-2-3-8-21(20)28(14)23(30)15-9-11-16(24)12-10-15/h2-12,14H,13H2,1H3/t14-/m0/s1. The van der Waals surface area contributed by atoms with Crippen molar-refractivity contribution in [2.75, 3.05) is 9.80 Å². The van der Waals surface area contributed by atoms with Gasteiger partial charge >= 0.3 is 0 Å². The number of carbonyl (C=O) groups is 2. The van der Waals surface area contributed by atoms with E-state index in [0.29, 0.717) is 22.0 Å². The molecule has 0 radical (unpaired) electrons. The van der Waals surface area contributed by atoms with Crippen molar-refractivity contribution in [2.45, 2.75) is 19.5 Å². The number of fused-ring (bicyclic) bond motifs is 1. The van der Waals surface area contributed by atoms with Gasteiger partial charge in [0, 0.05) is 21.2 Å². The smallest absolute Gasteiger partial charge is 0.259 e. The normalized spacial score (nSPS) is 15.9. The highest BCUT2D eigenvalue weighted by molar-refractivity contribution is 6.31. The van der Waals surface area contributed by atoms with E-state index in [4.69, 9.17) is 23.2 Å². The third-order valence-corrected chi connectivity index (χ3v) is 5.74. The second-order valence-electron chi connectivity index (χ2n) is 6.97. The van der Waals surface area contributed by atoms with E-state index in [0.717, 1.165) is 0 Å². The molecule has 0 aliphatic carbocycles. The van der Waals surface area contributed by atoms with Gasteiger partial charge in [-0.3, -0.25) is 14.5 Å². The number of benzene rings is 3. The molecule has 0 fully saturated rings. The van der Waals surface area contributed by atoms with Crippen molar-refractivity contribution in [1.82, 2.24) is 0 Å². The van der Waals surface area contributed by atoms with Gasteiger partial charge in [0.25, 0.3) is 5.91 Å². The number of anilines is 2. The van der Waals surface area contributed by atoms with Gasteiger partial charge in [0.15, 0.2) is 0 Å². The minimum atomic E-state index is -0.784. The van der Waals surface area contributed by atoms with Gasteiger partial charge in [0.2, 0.25) is 5.91 Å². The SMILES string of the molecule is C[C@H]1C(=O)N(Cc2c(F)cccc2Cl)c2ccccc2N1C(=O)c1ccc(Cl)cc1. The number of halogens is 3. The van der Waals surface area contributed by atoms with Gasteiger partial charge in [-0.25, -0.2) is 4.39 Å². The Hall–Kier alpha value is -2.89. The van der Waals surface area contributed by atoms with Crippen LogP contribution in [-0.4, -0.2) is 17.9 Å². The molecule has 4 nitrogen and oxygen atoms in total. The van der Waals surface area contributed by atoms with Crippen LogP contribution < -0.4 is 9.80 Å². The van der Waals surface area contributed by atoms with Gasteiger partial charge in [-0.15, -0.1) is 0 Å². The van der Waals surface area contributed by atoms with E-state index in [2.05, 4.69) is 0 Å². The Morgan fingerprint density at radius 1 is 0.967 bits per heavy atom. The van der Waals surface area contributed by atoms with Crippen molar-refractivity contribution in [3.8, 4) is 0 Å². The van der Waals surface area contributed by atoms with Crippen LogP contribution in [-0.2, 0) is 11.3 Å². The molecule has 1 aliphatic heterocycles. The molecule has 0 saturated heterocycles. The Bertz CT molecular complexity index is 1110. The van der Waals surface area contributed by atoms with Crippen LogP contribution in [0.4, 0.5) is 15.8 Å². The van der Waals surface area contributed by atoms with Crippen LogP contribution in [0.5, 0.6) is 0 Å². The van der Waals surface area contributed by atoms with Crippen LogP contribution in [0, 0.1) is 5.82 Å². The van der Waals surface area contributed by atoms with Crippen molar-refractivity contribution in [1.29, 1.82) is 0 Å². The Balaban J connectivity index is 1.77. The minimum Gasteiger partial charge on any atom is -0.304 e. The molecule has 0 aromatic heterocycles. The van der Waals surface area contributed by atoms with E-state index in [1.807, 2.05) is 0 Å². The predicted octanol–water partition coefficient (Wildman–Crippen LogP) is 5.71. The van der Waals surface area contributed by atoms with E-state index in [9.17, 15) is 14.0 Å². The molecular formula is C23H17Cl2FN2O2. The largest absolute Gasteiger partial charge is 0.304 e. The monoisotopic (exact) mass is 442 g/mol. The van der Waals surface area contributed by atoms with E-state index in [1.54, 1.807) is 61.5 Å². The molecule has 0 bridgehead atoms. The molecule has 3 aromatic carbocycles. The maximum Gasteiger partial charge on any atom is 0.259 e. The highest BCUT2D eigenvalue weighted by Gasteiger charge is 2.39. The Labute approximate surface area is 183 Å². The quantitative estimate of drug-likeness (QED) is 0.520. The average molecular weight is 443 g/mol. The summed E-state index contributed by atoms with van der Waals surface area (Å²) in [5, 5.41) is 0.760. The summed E-state index contributed by atoms with van der Waals surface area (Å²) in [5.41, 5.74) is 1.73. The predicted molar refractivity (Wildman–Crippen MR) is 117 cm³/mol. The van der Waals surface area contributed by atoms with Gasteiger partial charge < -0.3 is 4.90 Å². The first kappa shape index (κ1) is 20.4. The molecule has 7 heteroatoms. The van der Waals surface area contributed by atoms with Crippen LogP contribution in [0.2, 0.25) is 10.0 Å². The summed E-state index contributed by atoms with van der Waals surface area (Å²) in [6, 6.07) is 17.2. The lowest BCUT2D eigenvalue weighted by molar-refractivity contribution is -0.119. The summed E-state index contributed by atoms with van der Waals surface area (Å²) in [6.07, 6.45) is 0. The fraction of sp³-hybridized carbons (Fsp3) is 0.130. The van der Waals surface area contributed by atoms with Gasteiger partial charge in [-0.05, 0) is 55.5 Å². The lowest BCUT2D eigenvalue weighted by atomic mass is 10.0. The Kier molecular flexibility index (Phi) is 5.50. The fourth-order valence-corrected chi connectivity index (χ4v) is 3.93. The summed E-state index contributed by atoms with van der Waals surface area (Å²) >= 11 is 12.1.